The number of nitrogens with zero attached hydrogens (tertiary/aromatic N) is 1. The van der Waals surface area contributed by atoms with Gasteiger partial charge in [0.1, 0.15) is 6.61 Å². The van der Waals surface area contributed by atoms with Crippen molar-refractivity contribution in [1.82, 2.24) is 4.98 Å². The molecule has 0 saturated heterocycles. The van der Waals surface area contributed by atoms with Crippen LogP contribution in [-0.4, -0.2) is 23.3 Å². The Labute approximate surface area is 73.8 Å². The van der Waals surface area contributed by atoms with E-state index >= 15 is 0 Å². The van der Waals surface area contributed by atoms with Gasteiger partial charge in [0.2, 0.25) is 0 Å². The van der Waals surface area contributed by atoms with Crippen LogP contribution in [0.1, 0.15) is 0 Å². The number of aliphatic hydroxyl groups is 1. The number of pyridine rings is 1. The van der Waals surface area contributed by atoms with Gasteiger partial charge in [-0.3, -0.25) is 0 Å². The van der Waals surface area contributed by atoms with E-state index in [1.54, 1.807) is 0 Å². The summed E-state index contributed by atoms with van der Waals surface area (Å²) >= 11 is 5.44. The lowest BCUT2D eigenvalue weighted by Gasteiger charge is -2.03. The molecule has 0 aromatic carbocycles. The lowest BCUT2D eigenvalue weighted by Crippen LogP contribution is -2.04. The summed E-state index contributed by atoms with van der Waals surface area (Å²) in [5.41, 5.74) is 0. The van der Waals surface area contributed by atoms with E-state index in [0.717, 1.165) is 6.07 Å². The topological polar surface area (TPSA) is 42.4 Å². The minimum Gasteiger partial charge on any atom is -0.473 e. The average Bonchev–Trinajstić information content (AvgIpc) is 2.03. The molecule has 1 aromatic rings. The first-order valence-electron chi connectivity index (χ1n) is 3.28. The summed E-state index contributed by atoms with van der Waals surface area (Å²) in [7, 11) is 0. The van der Waals surface area contributed by atoms with Crippen LogP contribution in [0.25, 0.3) is 0 Å². The third-order valence-corrected chi connectivity index (χ3v) is 1.31. The molecular weight excluding hydrogens is 185 g/mol. The fraction of sp³-hybridized carbons (Fsp3) is 0.286. The van der Waals surface area contributed by atoms with E-state index < -0.39 is 5.82 Å². The number of hydrogen-bond donors (Lipinski definition) is 1. The Morgan fingerprint density at radius 2 is 2.42 bits per heavy atom. The second-order valence-corrected chi connectivity index (χ2v) is 2.45. The predicted octanol–water partition coefficient (Wildman–Crippen LogP) is 1.25. The summed E-state index contributed by atoms with van der Waals surface area (Å²) in [5, 5.41) is 8.58. The largest absolute Gasteiger partial charge is 0.473 e. The van der Waals surface area contributed by atoms with Gasteiger partial charge >= 0.3 is 0 Å². The monoisotopic (exact) mass is 191 g/mol. The van der Waals surface area contributed by atoms with Gasteiger partial charge in [0.25, 0.3) is 5.88 Å². The van der Waals surface area contributed by atoms with Crippen molar-refractivity contribution in [3.8, 4) is 5.88 Å². The van der Waals surface area contributed by atoms with Crippen LogP contribution in [0, 0.1) is 5.82 Å². The van der Waals surface area contributed by atoms with E-state index in [1.807, 2.05) is 0 Å². The van der Waals surface area contributed by atoms with Crippen molar-refractivity contribution in [2.45, 2.75) is 0 Å². The number of rotatable bonds is 3. The fourth-order valence-electron chi connectivity index (χ4n) is 0.651. The molecule has 0 saturated carbocycles. The molecule has 0 fully saturated rings. The molecule has 3 nitrogen and oxygen atoms in total. The Morgan fingerprint density at radius 3 is 3.00 bits per heavy atom. The Hall–Kier alpha value is -0.870. The van der Waals surface area contributed by atoms with Gasteiger partial charge in [-0.1, -0.05) is 11.6 Å². The van der Waals surface area contributed by atoms with Crippen molar-refractivity contribution in [1.29, 1.82) is 0 Å². The summed E-state index contributed by atoms with van der Waals surface area (Å²) in [5.74, 6) is -0.774. The highest BCUT2D eigenvalue weighted by Crippen LogP contribution is 2.16. The van der Waals surface area contributed by atoms with Gasteiger partial charge in [-0.15, -0.1) is 0 Å². The number of aromatic nitrogens is 1. The van der Waals surface area contributed by atoms with Crippen LogP contribution in [-0.2, 0) is 0 Å². The van der Waals surface area contributed by atoms with Crippen molar-refractivity contribution in [2.24, 2.45) is 0 Å². The molecule has 12 heavy (non-hydrogen) atoms. The van der Waals surface area contributed by atoms with E-state index in [4.69, 9.17) is 21.4 Å². The van der Waals surface area contributed by atoms with Crippen LogP contribution in [0.2, 0.25) is 5.02 Å². The third kappa shape index (κ3) is 2.32. The van der Waals surface area contributed by atoms with Gasteiger partial charge < -0.3 is 9.84 Å². The molecule has 0 aliphatic carbocycles. The molecule has 0 aliphatic rings. The average molecular weight is 192 g/mol. The highest BCUT2D eigenvalue weighted by Gasteiger charge is 2.04. The van der Waals surface area contributed by atoms with Crippen LogP contribution >= 0.6 is 11.6 Å². The van der Waals surface area contributed by atoms with Gasteiger partial charge in [0, 0.05) is 6.20 Å². The first-order chi connectivity index (χ1) is 5.74. The molecule has 1 heterocycles. The zero-order valence-corrected chi connectivity index (χ0v) is 6.88. The Morgan fingerprint density at radius 1 is 1.67 bits per heavy atom. The van der Waals surface area contributed by atoms with Gasteiger partial charge in [0.15, 0.2) is 5.82 Å². The van der Waals surface area contributed by atoms with Crippen molar-refractivity contribution in [2.75, 3.05) is 13.2 Å². The van der Waals surface area contributed by atoms with Crippen LogP contribution < -0.4 is 4.74 Å². The fourth-order valence-corrected chi connectivity index (χ4v) is 0.795. The zero-order chi connectivity index (χ0) is 8.97. The summed E-state index contributed by atoms with van der Waals surface area (Å²) < 4.78 is 17.6. The molecule has 0 aliphatic heterocycles. The molecule has 1 rings (SSSR count). The molecule has 1 aromatic heterocycles. The maximum Gasteiger partial charge on any atom is 0.250 e. The minimum absolute atomic E-state index is 0.0194. The van der Waals surface area contributed by atoms with Gasteiger partial charge in [-0.2, -0.15) is 0 Å². The first kappa shape index (κ1) is 9.22. The van der Waals surface area contributed by atoms with Crippen molar-refractivity contribution < 1.29 is 14.2 Å². The molecule has 0 radical (unpaired) electrons. The van der Waals surface area contributed by atoms with Gasteiger partial charge in [-0.25, -0.2) is 9.37 Å². The maximum absolute atomic E-state index is 12.8. The molecule has 66 valence electrons. The quantitative estimate of drug-likeness (QED) is 0.782. The van der Waals surface area contributed by atoms with Gasteiger partial charge in [-0.05, 0) is 6.07 Å². The molecule has 0 unspecified atom stereocenters. The number of aliphatic hydroxyl groups excluding tert-OH is 1. The molecule has 0 spiro atoms. The Bertz CT molecular complexity index is 270. The normalized spacial score (nSPS) is 9.92. The number of hydrogen-bond acceptors (Lipinski definition) is 3. The van der Waals surface area contributed by atoms with Crippen molar-refractivity contribution in [3.05, 3.63) is 23.1 Å². The molecule has 1 N–H and O–H groups in total. The van der Waals surface area contributed by atoms with Crippen molar-refractivity contribution in [3.63, 3.8) is 0 Å². The van der Waals surface area contributed by atoms with Gasteiger partial charge in [0.05, 0.1) is 11.6 Å². The second-order valence-electron chi connectivity index (χ2n) is 2.01. The van der Waals surface area contributed by atoms with E-state index in [1.165, 1.54) is 6.20 Å². The Kier molecular flexibility index (Phi) is 3.25. The zero-order valence-electron chi connectivity index (χ0n) is 6.13. The summed E-state index contributed by atoms with van der Waals surface area (Å²) in [6.45, 7) is -0.157. The smallest absolute Gasteiger partial charge is 0.250 e. The second kappa shape index (κ2) is 4.23. The Balaban J connectivity index is 2.72. The SMILES string of the molecule is OCCOc1ncc(Cl)cc1F. The molecular formula is C7H7ClFNO2. The summed E-state index contributed by atoms with van der Waals surface area (Å²) in [6.07, 6.45) is 1.28. The lowest BCUT2D eigenvalue weighted by atomic mass is 10.4. The molecule has 0 amide bonds. The predicted molar refractivity (Wildman–Crippen MR) is 41.8 cm³/mol. The third-order valence-electron chi connectivity index (χ3n) is 1.10. The standard InChI is InChI=1S/C7H7ClFNO2/c8-5-3-6(9)7(10-4-5)12-2-1-11/h3-4,11H,1-2H2. The summed E-state index contributed by atoms with van der Waals surface area (Å²) in [6, 6.07) is 1.10. The van der Waals surface area contributed by atoms with Crippen LogP contribution in [0.5, 0.6) is 5.88 Å². The minimum atomic E-state index is -0.629. The van der Waals surface area contributed by atoms with Crippen LogP contribution in [0.15, 0.2) is 12.3 Å². The highest BCUT2D eigenvalue weighted by atomic mass is 35.5. The van der Waals surface area contributed by atoms with E-state index in [2.05, 4.69) is 4.98 Å². The lowest BCUT2D eigenvalue weighted by molar-refractivity contribution is 0.191. The highest BCUT2D eigenvalue weighted by molar-refractivity contribution is 6.30. The van der Waals surface area contributed by atoms with Crippen LogP contribution in [0.4, 0.5) is 4.39 Å². The molecule has 0 atom stereocenters. The first-order valence-corrected chi connectivity index (χ1v) is 3.66. The van der Waals surface area contributed by atoms with Crippen LogP contribution in [0.3, 0.4) is 0 Å². The number of ether oxygens (including phenoxy) is 1. The maximum atomic E-state index is 12.8. The molecule has 5 heteroatoms. The molecule has 0 bridgehead atoms. The van der Waals surface area contributed by atoms with Crippen molar-refractivity contribution >= 4 is 11.6 Å². The van der Waals surface area contributed by atoms with E-state index in [0.29, 0.717) is 0 Å². The van der Waals surface area contributed by atoms with E-state index in [-0.39, 0.29) is 24.1 Å². The number of halogens is 2. The van der Waals surface area contributed by atoms with E-state index in [9.17, 15) is 4.39 Å². The summed E-state index contributed by atoms with van der Waals surface area (Å²) in [4.78, 5) is 3.58.